The smallest absolute Gasteiger partial charge is 0.274 e. The van der Waals surface area contributed by atoms with Gasteiger partial charge < -0.3 is 9.64 Å². The molecule has 0 fully saturated rings. The van der Waals surface area contributed by atoms with Gasteiger partial charge in [-0.15, -0.1) is 0 Å². The molecule has 2 N–H and O–H groups in total. The van der Waals surface area contributed by atoms with Crippen LogP contribution >= 0.6 is 0 Å². The van der Waals surface area contributed by atoms with E-state index in [-0.39, 0.29) is 5.91 Å². The Balaban J connectivity index is 1.67. The van der Waals surface area contributed by atoms with Gasteiger partial charge in [-0.1, -0.05) is 48.0 Å². The predicted molar refractivity (Wildman–Crippen MR) is 127 cm³/mol. The van der Waals surface area contributed by atoms with Crippen LogP contribution in [-0.4, -0.2) is 35.6 Å². The second kappa shape index (κ2) is 9.71. The molecule has 0 aromatic heterocycles. The number of methoxy groups -OCH3 is 1. The monoisotopic (exact) mass is 442 g/mol. The van der Waals surface area contributed by atoms with E-state index in [2.05, 4.69) is 0 Å². The number of carbonyl (C=O) groups excluding carboxylic acids is 2. The Morgan fingerprint density at radius 3 is 2.33 bits per heavy atom. The first-order valence-corrected chi connectivity index (χ1v) is 10.8. The normalized spacial score (nSPS) is 13.3. The fourth-order valence-corrected chi connectivity index (χ4v) is 3.98. The molecule has 3 aromatic carbocycles. The summed E-state index contributed by atoms with van der Waals surface area (Å²) in [5, 5.41) is 8.94. The number of hydroxylamine groups is 1. The van der Waals surface area contributed by atoms with E-state index in [0.717, 1.165) is 33.6 Å². The molecule has 0 atom stereocenters. The molecular weight excluding hydrogens is 416 g/mol. The lowest BCUT2D eigenvalue weighted by Crippen LogP contribution is -2.36. The minimum atomic E-state index is -0.569. The molecule has 0 unspecified atom stereocenters. The van der Waals surface area contributed by atoms with Crippen molar-refractivity contribution in [3.05, 3.63) is 100 Å². The summed E-state index contributed by atoms with van der Waals surface area (Å²) in [5.41, 5.74) is 7.51. The van der Waals surface area contributed by atoms with E-state index < -0.39 is 5.91 Å². The molecule has 1 aliphatic heterocycles. The fourth-order valence-electron chi connectivity index (χ4n) is 3.98. The highest BCUT2D eigenvalue weighted by Gasteiger charge is 2.25. The molecule has 168 valence electrons. The number of nitrogens with one attached hydrogen (secondary N) is 1. The predicted octanol–water partition coefficient (Wildman–Crippen LogP) is 4.25. The van der Waals surface area contributed by atoms with Crippen molar-refractivity contribution in [3.8, 4) is 5.75 Å². The number of aryl methyl sites for hydroxylation is 1. The Morgan fingerprint density at radius 1 is 0.970 bits per heavy atom. The Bertz CT molecular complexity index is 1200. The molecular formula is C27H26N2O4. The van der Waals surface area contributed by atoms with Crippen LogP contribution < -0.4 is 10.2 Å². The van der Waals surface area contributed by atoms with Crippen molar-refractivity contribution in [1.29, 1.82) is 0 Å². The molecule has 2 amide bonds. The molecule has 0 saturated carbocycles. The molecule has 6 nitrogen and oxygen atoms in total. The van der Waals surface area contributed by atoms with E-state index in [1.54, 1.807) is 29.6 Å². The van der Waals surface area contributed by atoms with Gasteiger partial charge in [0.25, 0.3) is 11.8 Å². The Morgan fingerprint density at radius 2 is 1.67 bits per heavy atom. The largest absolute Gasteiger partial charge is 0.497 e. The maximum Gasteiger partial charge on any atom is 0.274 e. The zero-order valence-electron chi connectivity index (χ0n) is 18.7. The second-order valence-corrected chi connectivity index (χ2v) is 8.10. The maximum atomic E-state index is 13.7. The summed E-state index contributed by atoms with van der Waals surface area (Å²) < 4.78 is 5.24. The van der Waals surface area contributed by atoms with Crippen molar-refractivity contribution in [3.63, 3.8) is 0 Å². The van der Waals surface area contributed by atoms with Gasteiger partial charge in [-0.05, 0) is 65.9 Å². The van der Waals surface area contributed by atoms with E-state index in [4.69, 9.17) is 9.94 Å². The fraction of sp³-hybridized carbons (Fsp3) is 0.185. The van der Waals surface area contributed by atoms with E-state index in [9.17, 15) is 9.59 Å². The van der Waals surface area contributed by atoms with E-state index >= 15 is 0 Å². The van der Waals surface area contributed by atoms with Crippen LogP contribution in [0.5, 0.6) is 5.75 Å². The van der Waals surface area contributed by atoms with Gasteiger partial charge in [0.05, 0.1) is 7.11 Å². The number of fused-ring (bicyclic) bond motifs is 1. The van der Waals surface area contributed by atoms with Crippen LogP contribution in [0.25, 0.3) is 11.6 Å². The van der Waals surface area contributed by atoms with Crippen molar-refractivity contribution >= 4 is 23.5 Å². The minimum absolute atomic E-state index is 0.0719. The number of ether oxygens (including phenoxy) is 1. The standard InChI is InChI=1S/C27H26N2O4/c1-18-3-7-21(8-4-18)25(15-19-5-11-24(33-2)12-6-19)27(31)29-14-13-20-9-10-22(26(30)28-32)16-23(20)17-29/h3-12,15-16,32H,13-14,17H2,1-2H3,(H,28,30). The highest BCUT2D eigenvalue weighted by Crippen LogP contribution is 2.27. The first kappa shape index (κ1) is 22.3. The summed E-state index contributed by atoms with van der Waals surface area (Å²) in [6.45, 7) is 3.00. The van der Waals surface area contributed by atoms with Gasteiger partial charge in [0, 0.05) is 24.2 Å². The van der Waals surface area contributed by atoms with Gasteiger partial charge in [0.15, 0.2) is 0 Å². The van der Waals surface area contributed by atoms with Crippen molar-refractivity contribution in [2.24, 2.45) is 0 Å². The molecule has 0 saturated heterocycles. The van der Waals surface area contributed by atoms with E-state index in [0.29, 0.717) is 30.6 Å². The first-order chi connectivity index (χ1) is 16.0. The van der Waals surface area contributed by atoms with Crippen LogP contribution in [0.1, 0.15) is 38.2 Å². The molecule has 0 spiro atoms. The minimum Gasteiger partial charge on any atom is -0.497 e. The van der Waals surface area contributed by atoms with Crippen molar-refractivity contribution in [2.75, 3.05) is 13.7 Å². The SMILES string of the molecule is COc1ccc(C=C(C(=O)N2CCc3ccc(C(=O)NO)cc3C2)c2ccc(C)cc2)cc1. The summed E-state index contributed by atoms with van der Waals surface area (Å²) >= 11 is 0. The number of hydrogen-bond donors (Lipinski definition) is 2. The third-order valence-corrected chi connectivity index (χ3v) is 5.89. The average molecular weight is 443 g/mol. The Hall–Kier alpha value is -3.90. The number of rotatable bonds is 5. The van der Waals surface area contributed by atoms with Gasteiger partial charge in [-0.25, -0.2) is 5.48 Å². The van der Waals surface area contributed by atoms with E-state index in [1.807, 2.05) is 67.6 Å². The van der Waals surface area contributed by atoms with Gasteiger partial charge in [-0.2, -0.15) is 0 Å². The topological polar surface area (TPSA) is 78.9 Å². The van der Waals surface area contributed by atoms with Crippen LogP contribution in [0.2, 0.25) is 0 Å². The third-order valence-electron chi connectivity index (χ3n) is 5.89. The van der Waals surface area contributed by atoms with Crippen LogP contribution in [0.4, 0.5) is 0 Å². The van der Waals surface area contributed by atoms with Crippen molar-refractivity contribution < 1.29 is 19.5 Å². The summed E-state index contributed by atoms with van der Waals surface area (Å²) in [6, 6.07) is 20.8. The molecule has 33 heavy (non-hydrogen) atoms. The molecule has 0 bridgehead atoms. The average Bonchev–Trinajstić information content (AvgIpc) is 2.86. The van der Waals surface area contributed by atoms with Crippen molar-refractivity contribution in [2.45, 2.75) is 19.9 Å². The quantitative estimate of drug-likeness (QED) is 0.268. The Labute approximate surface area is 193 Å². The summed E-state index contributed by atoms with van der Waals surface area (Å²) in [7, 11) is 1.62. The summed E-state index contributed by atoms with van der Waals surface area (Å²) in [4.78, 5) is 27.3. The molecule has 1 aliphatic rings. The van der Waals surface area contributed by atoms with Crippen molar-refractivity contribution in [1.82, 2.24) is 10.4 Å². The number of hydrogen-bond acceptors (Lipinski definition) is 4. The lowest BCUT2D eigenvalue weighted by Gasteiger charge is -2.30. The molecule has 4 rings (SSSR count). The summed E-state index contributed by atoms with van der Waals surface area (Å²) in [6.07, 6.45) is 2.60. The summed E-state index contributed by atoms with van der Waals surface area (Å²) in [5.74, 6) is 0.115. The van der Waals surface area contributed by atoms with Crippen LogP contribution in [-0.2, 0) is 17.8 Å². The second-order valence-electron chi connectivity index (χ2n) is 8.10. The highest BCUT2D eigenvalue weighted by atomic mass is 16.5. The zero-order valence-corrected chi connectivity index (χ0v) is 18.7. The first-order valence-electron chi connectivity index (χ1n) is 10.8. The number of amides is 2. The van der Waals surface area contributed by atoms with Gasteiger partial charge >= 0.3 is 0 Å². The van der Waals surface area contributed by atoms with Crippen LogP contribution in [0.3, 0.4) is 0 Å². The number of nitrogens with zero attached hydrogens (tertiary/aromatic N) is 1. The molecule has 3 aromatic rings. The lowest BCUT2D eigenvalue weighted by molar-refractivity contribution is -0.125. The van der Waals surface area contributed by atoms with E-state index in [1.165, 1.54) is 0 Å². The molecule has 1 heterocycles. The van der Waals surface area contributed by atoms with Gasteiger partial charge in [0.1, 0.15) is 5.75 Å². The Kier molecular flexibility index (Phi) is 6.56. The number of benzene rings is 3. The zero-order chi connectivity index (χ0) is 23.4. The lowest BCUT2D eigenvalue weighted by atomic mass is 9.95. The maximum absolute atomic E-state index is 13.7. The van der Waals surface area contributed by atoms with Gasteiger partial charge in [-0.3, -0.25) is 14.8 Å². The number of carbonyl (C=O) groups is 2. The molecule has 0 radical (unpaired) electrons. The van der Waals surface area contributed by atoms with Crippen LogP contribution in [0, 0.1) is 6.92 Å². The molecule has 0 aliphatic carbocycles. The highest BCUT2D eigenvalue weighted by molar-refractivity contribution is 6.24. The van der Waals surface area contributed by atoms with Gasteiger partial charge in [0.2, 0.25) is 0 Å². The third kappa shape index (κ3) is 4.96. The molecule has 6 heteroatoms. The van der Waals surface area contributed by atoms with Crippen LogP contribution in [0.15, 0.2) is 66.7 Å².